The number of carbonyl (C=O) groups is 2. The van der Waals surface area contributed by atoms with E-state index in [2.05, 4.69) is 11.8 Å². The Morgan fingerprint density at radius 3 is 2.44 bits per heavy atom. The van der Waals surface area contributed by atoms with Crippen LogP contribution in [0.2, 0.25) is 0 Å². The highest BCUT2D eigenvalue weighted by atomic mass is 16.5. The van der Waals surface area contributed by atoms with Gasteiger partial charge in [0.25, 0.3) is 11.8 Å². The number of carbonyl (C=O) groups excluding carboxylic acids is 2. The third-order valence-corrected chi connectivity index (χ3v) is 4.91. The summed E-state index contributed by atoms with van der Waals surface area (Å²) in [6.07, 6.45) is 2.17. The molecule has 6 heteroatoms. The summed E-state index contributed by atoms with van der Waals surface area (Å²) in [5.74, 6) is 1.12. The van der Waals surface area contributed by atoms with Gasteiger partial charge in [-0.15, -0.1) is 0 Å². The van der Waals surface area contributed by atoms with Crippen LogP contribution in [-0.4, -0.2) is 56.0 Å². The van der Waals surface area contributed by atoms with E-state index in [0.717, 1.165) is 25.9 Å². The number of hydrogen-bond donors (Lipinski definition) is 0. The van der Waals surface area contributed by atoms with Crippen molar-refractivity contribution in [2.24, 2.45) is 5.92 Å². The minimum absolute atomic E-state index is 0.233. The second kappa shape index (κ2) is 6.78. The first-order valence-corrected chi connectivity index (χ1v) is 8.52. The van der Waals surface area contributed by atoms with Gasteiger partial charge in [0, 0.05) is 20.1 Å². The highest BCUT2D eigenvalue weighted by Gasteiger charge is 2.40. The predicted molar refractivity (Wildman–Crippen MR) is 94.2 cm³/mol. The molecule has 0 N–H and O–H groups in total. The van der Waals surface area contributed by atoms with Crippen molar-refractivity contribution in [1.82, 2.24) is 9.80 Å². The third-order valence-electron chi connectivity index (χ3n) is 4.91. The van der Waals surface area contributed by atoms with Crippen molar-refractivity contribution < 1.29 is 19.1 Å². The first-order chi connectivity index (χ1) is 12.0. The first kappa shape index (κ1) is 17.3. The van der Waals surface area contributed by atoms with Crippen molar-refractivity contribution in [2.45, 2.75) is 19.8 Å². The molecule has 6 nitrogen and oxygen atoms in total. The second-order valence-corrected chi connectivity index (χ2v) is 6.66. The first-order valence-electron chi connectivity index (χ1n) is 8.52. The fraction of sp³-hybridized carbons (Fsp3) is 0.474. The summed E-state index contributed by atoms with van der Waals surface area (Å²) in [5, 5.41) is 0. The average Bonchev–Trinajstić information content (AvgIpc) is 2.85. The van der Waals surface area contributed by atoms with E-state index < -0.39 is 0 Å². The van der Waals surface area contributed by atoms with Crippen molar-refractivity contribution in [3.05, 3.63) is 29.5 Å². The van der Waals surface area contributed by atoms with Gasteiger partial charge >= 0.3 is 0 Å². The van der Waals surface area contributed by atoms with Crippen molar-refractivity contribution in [2.75, 3.05) is 34.4 Å². The molecular formula is C19H24N2O4. The Labute approximate surface area is 148 Å². The lowest BCUT2D eigenvalue weighted by atomic mass is 9.97. The molecule has 1 aromatic carbocycles. The van der Waals surface area contributed by atoms with Gasteiger partial charge in [0.05, 0.1) is 19.8 Å². The van der Waals surface area contributed by atoms with Gasteiger partial charge in [-0.05, 0) is 36.5 Å². The van der Waals surface area contributed by atoms with Gasteiger partial charge in [0.2, 0.25) is 0 Å². The van der Waals surface area contributed by atoms with Crippen LogP contribution in [0.1, 0.15) is 25.3 Å². The molecule has 1 fully saturated rings. The van der Waals surface area contributed by atoms with E-state index in [1.807, 2.05) is 0 Å². The lowest BCUT2D eigenvalue weighted by molar-refractivity contribution is -0.136. The van der Waals surface area contributed by atoms with E-state index >= 15 is 0 Å². The molecule has 0 spiro atoms. The molecule has 1 atom stereocenters. The van der Waals surface area contributed by atoms with Crippen molar-refractivity contribution in [3.8, 4) is 11.5 Å². The fourth-order valence-electron chi connectivity index (χ4n) is 3.56. The summed E-state index contributed by atoms with van der Waals surface area (Å²) in [5.41, 5.74) is 1.63. The lowest BCUT2D eigenvalue weighted by Crippen LogP contribution is -2.38. The Kier molecular flexibility index (Phi) is 4.70. The average molecular weight is 344 g/mol. The maximum Gasteiger partial charge on any atom is 0.277 e. The van der Waals surface area contributed by atoms with Crippen LogP contribution in [0, 0.1) is 5.92 Å². The minimum atomic E-state index is -0.273. The number of imide groups is 1. The van der Waals surface area contributed by atoms with Crippen LogP contribution in [0.4, 0.5) is 0 Å². The SMILES string of the molecule is COc1ccc(C2=C(N3CCCC(C)C3)C(=O)N(C)C2=O)cc1OC. The Morgan fingerprint density at radius 2 is 1.80 bits per heavy atom. The normalized spacial score (nSPS) is 21.2. The second-order valence-electron chi connectivity index (χ2n) is 6.66. The Balaban J connectivity index is 2.11. The summed E-state index contributed by atoms with van der Waals surface area (Å²) < 4.78 is 10.6. The van der Waals surface area contributed by atoms with Gasteiger partial charge in [0.15, 0.2) is 11.5 Å². The van der Waals surface area contributed by atoms with E-state index in [1.54, 1.807) is 32.4 Å². The minimum Gasteiger partial charge on any atom is -0.493 e. The molecular weight excluding hydrogens is 320 g/mol. The van der Waals surface area contributed by atoms with Crippen molar-refractivity contribution in [3.63, 3.8) is 0 Å². The van der Waals surface area contributed by atoms with Crippen molar-refractivity contribution >= 4 is 17.4 Å². The van der Waals surface area contributed by atoms with Gasteiger partial charge < -0.3 is 14.4 Å². The van der Waals surface area contributed by atoms with E-state index in [9.17, 15) is 9.59 Å². The molecule has 0 aliphatic carbocycles. The number of likely N-dealkylation sites (N-methyl/N-ethyl adjacent to an activating group) is 1. The molecule has 1 unspecified atom stereocenters. The molecule has 2 amide bonds. The number of hydrogen-bond acceptors (Lipinski definition) is 5. The molecule has 0 bridgehead atoms. The summed E-state index contributed by atoms with van der Waals surface area (Å²) in [6, 6.07) is 5.31. The molecule has 2 aliphatic heterocycles. The van der Waals surface area contributed by atoms with Crippen LogP contribution in [0.25, 0.3) is 5.57 Å². The number of methoxy groups -OCH3 is 2. The Morgan fingerprint density at radius 1 is 1.08 bits per heavy atom. The van der Waals surface area contributed by atoms with E-state index in [4.69, 9.17) is 9.47 Å². The van der Waals surface area contributed by atoms with Gasteiger partial charge in [-0.1, -0.05) is 13.0 Å². The number of nitrogens with zero attached hydrogens (tertiary/aromatic N) is 2. The van der Waals surface area contributed by atoms with Gasteiger partial charge in [-0.25, -0.2) is 0 Å². The molecule has 2 heterocycles. The van der Waals surface area contributed by atoms with Crippen molar-refractivity contribution in [1.29, 1.82) is 0 Å². The Hall–Kier alpha value is -2.50. The van der Waals surface area contributed by atoms with Crippen LogP contribution in [0.5, 0.6) is 11.5 Å². The molecule has 0 radical (unpaired) electrons. The number of ether oxygens (including phenoxy) is 2. The monoisotopic (exact) mass is 344 g/mol. The van der Waals surface area contributed by atoms with Gasteiger partial charge in [-0.2, -0.15) is 0 Å². The largest absolute Gasteiger partial charge is 0.493 e. The van der Waals surface area contributed by atoms with Crippen LogP contribution in [0.15, 0.2) is 23.9 Å². The Bertz CT molecular complexity index is 741. The summed E-state index contributed by atoms with van der Waals surface area (Å²) >= 11 is 0. The molecule has 25 heavy (non-hydrogen) atoms. The quantitative estimate of drug-likeness (QED) is 0.783. The number of piperidine rings is 1. The summed E-state index contributed by atoms with van der Waals surface area (Å²) in [7, 11) is 4.65. The molecule has 1 saturated heterocycles. The summed E-state index contributed by atoms with van der Waals surface area (Å²) in [6.45, 7) is 3.76. The molecule has 134 valence electrons. The fourth-order valence-corrected chi connectivity index (χ4v) is 3.56. The summed E-state index contributed by atoms with van der Waals surface area (Å²) in [4.78, 5) is 28.7. The molecule has 0 saturated carbocycles. The molecule has 0 aromatic heterocycles. The zero-order chi connectivity index (χ0) is 18.1. The maximum atomic E-state index is 12.8. The lowest BCUT2D eigenvalue weighted by Gasteiger charge is -2.33. The number of rotatable bonds is 4. The van der Waals surface area contributed by atoms with Gasteiger partial charge in [0.1, 0.15) is 5.70 Å². The smallest absolute Gasteiger partial charge is 0.277 e. The number of likely N-dealkylation sites (tertiary alicyclic amines) is 1. The van der Waals surface area contributed by atoms with E-state index in [-0.39, 0.29) is 11.8 Å². The zero-order valence-corrected chi connectivity index (χ0v) is 15.2. The predicted octanol–water partition coefficient (Wildman–Crippen LogP) is 2.15. The van der Waals surface area contributed by atoms with Crippen LogP contribution in [-0.2, 0) is 9.59 Å². The third kappa shape index (κ3) is 2.97. The van der Waals surface area contributed by atoms with Crippen LogP contribution in [0.3, 0.4) is 0 Å². The highest BCUT2D eigenvalue weighted by Crippen LogP contribution is 2.36. The number of amides is 2. The van der Waals surface area contributed by atoms with Gasteiger partial charge in [-0.3, -0.25) is 14.5 Å². The molecule has 3 rings (SSSR count). The molecule has 2 aliphatic rings. The standard InChI is InChI=1S/C19H24N2O4/c1-12-6-5-9-21(11-12)17-16(18(22)20(2)19(17)23)13-7-8-14(24-3)15(10-13)25-4/h7-8,10,12H,5-6,9,11H2,1-4H3. The number of benzene rings is 1. The molecule has 1 aromatic rings. The van der Waals surface area contributed by atoms with Crippen LogP contribution < -0.4 is 9.47 Å². The maximum absolute atomic E-state index is 12.8. The topological polar surface area (TPSA) is 59.1 Å². The highest BCUT2D eigenvalue weighted by molar-refractivity contribution is 6.35. The zero-order valence-electron chi connectivity index (χ0n) is 15.2. The van der Waals surface area contributed by atoms with E-state index in [0.29, 0.717) is 34.3 Å². The van der Waals surface area contributed by atoms with Crippen LogP contribution >= 0.6 is 0 Å². The van der Waals surface area contributed by atoms with E-state index in [1.165, 1.54) is 11.9 Å².